The van der Waals surface area contributed by atoms with Crippen LogP contribution < -0.4 is 4.90 Å². The molecule has 1 fully saturated rings. The molecule has 0 radical (unpaired) electrons. The molecule has 5 rings (SSSR count). The first kappa shape index (κ1) is 21.7. The minimum absolute atomic E-state index is 0.724. The average molecular weight is 441 g/mol. The molecule has 0 amide bonds. The normalized spacial score (nSPS) is 14.9. The van der Waals surface area contributed by atoms with E-state index in [9.17, 15) is 0 Å². The van der Waals surface area contributed by atoms with Crippen LogP contribution in [0.1, 0.15) is 30.5 Å². The first-order chi connectivity index (χ1) is 16.2. The second-order valence-corrected chi connectivity index (χ2v) is 9.36. The van der Waals surface area contributed by atoms with Crippen molar-refractivity contribution in [3.8, 4) is 11.1 Å². The number of pyridine rings is 1. The van der Waals surface area contributed by atoms with Crippen LogP contribution in [0.3, 0.4) is 0 Å². The zero-order valence-corrected chi connectivity index (χ0v) is 19.6. The highest BCUT2D eigenvalue weighted by molar-refractivity contribution is 5.89. The minimum atomic E-state index is 0.724. The fourth-order valence-electron chi connectivity index (χ4n) is 4.98. The molecule has 170 valence electrons. The molecule has 0 N–H and O–H groups in total. The van der Waals surface area contributed by atoms with Gasteiger partial charge in [-0.3, -0.25) is 0 Å². The lowest BCUT2D eigenvalue weighted by molar-refractivity contribution is 0.372. The Hall–Kier alpha value is -3.18. The number of nitrogens with zero attached hydrogens (tertiary/aromatic N) is 4. The number of piperidine rings is 1. The van der Waals surface area contributed by atoms with Crippen LogP contribution in [0.2, 0.25) is 0 Å². The fraction of sp³-hybridized carbons (Fsp3) is 0.357. The first-order valence-corrected chi connectivity index (χ1v) is 12.0. The van der Waals surface area contributed by atoms with E-state index in [-0.39, 0.29) is 0 Å². The Labute approximate surface area is 196 Å². The lowest BCUT2D eigenvalue weighted by Gasteiger charge is -2.32. The van der Waals surface area contributed by atoms with Crippen LogP contribution in [0.15, 0.2) is 71.4 Å². The summed E-state index contributed by atoms with van der Waals surface area (Å²) in [5.41, 5.74) is 5.68. The summed E-state index contributed by atoms with van der Waals surface area (Å²) in [6, 6.07) is 21.1. The van der Waals surface area contributed by atoms with Crippen molar-refractivity contribution in [3.05, 3.63) is 78.1 Å². The van der Waals surface area contributed by atoms with Gasteiger partial charge in [0.2, 0.25) is 0 Å². The van der Waals surface area contributed by atoms with Crippen molar-refractivity contribution in [2.75, 3.05) is 32.1 Å². The van der Waals surface area contributed by atoms with Crippen molar-refractivity contribution in [2.24, 2.45) is 5.92 Å². The van der Waals surface area contributed by atoms with Crippen LogP contribution in [0.25, 0.3) is 22.1 Å². The quantitative estimate of drug-likeness (QED) is 0.363. The van der Waals surface area contributed by atoms with Crippen LogP contribution in [-0.4, -0.2) is 42.2 Å². The lowest BCUT2D eigenvalue weighted by Crippen LogP contribution is -2.34. The Morgan fingerprint density at radius 2 is 1.76 bits per heavy atom. The molecular formula is C28H32N4O. The number of rotatable bonds is 7. The molecule has 4 aromatic rings. The minimum Gasteiger partial charge on any atom is -0.357 e. The van der Waals surface area contributed by atoms with E-state index in [1.54, 1.807) is 0 Å². The predicted molar refractivity (Wildman–Crippen MR) is 134 cm³/mol. The Morgan fingerprint density at radius 1 is 0.970 bits per heavy atom. The molecule has 2 aromatic carbocycles. The fourth-order valence-corrected chi connectivity index (χ4v) is 4.98. The molecule has 5 nitrogen and oxygen atoms in total. The summed E-state index contributed by atoms with van der Waals surface area (Å²) >= 11 is 0. The molecule has 0 bridgehead atoms. The lowest BCUT2D eigenvalue weighted by atomic mass is 9.90. The van der Waals surface area contributed by atoms with Crippen LogP contribution in [0.5, 0.6) is 0 Å². The van der Waals surface area contributed by atoms with Crippen LogP contribution in [0.4, 0.5) is 5.82 Å². The summed E-state index contributed by atoms with van der Waals surface area (Å²) in [6.07, 6.45) is 6.41. The van der Waals surface area contributed by atoms with E-state index in [0.717, 1.165) is 60.9 Å². The van der Waals surface area contributed by atoms with Gasteiger partial charge in [0.25, 0.3) is 0 Å². The average Bonchev–Trinajstić information content (AvgIpc) is 3.28. The van der Waals surface area contributed by atoms with Gasteiger partial charge in [-0.25, -0.2) is 4.98 Å². The van der Waals surface area contributed by atoms with Gasteiger partial charge in [-0.1, -0.05) is 47.6 Å². The van der Waals surface area contributed by atoms with Crippen molar-refractivity contribution in [3.63, 3.8) is 0 Å². The molecule has 1 aliphatic heterocycles. The molecule has 1 aliphatic rings. The number of fused-ring (bicyclic) bond motifs is 1. The van der Waals surface area contributed by atoms with Gasteiger partial charge >= 0.3 is 0 Å². The Morgan fingerprint density at radius 3 is 2.48 bits per heavy atom. The summed E-state index contributed by atoms with van der Waals surface area (Å²) in [5.74, 6) is 1.82. The number of aromatic nitrogens is 2. The molecule has 5 heteroatoms. The maximum absolute atomic E-state index is 5.96. The first-order valence-electron chi connectivity index (χ1n) is 12.0. The van der Waals surface area contributed by atoms with Gasteiger partial charge in [0.05, 0.1) is 5.69 Å². The third kappa shape index (κ3) is 4.79. The Kier molecular flexibility index (Phi) is 6.40. The molecule has 33 heavy (non-hydrogen) atoms. The molecule has 2 aromatic heterocycles. The summed E-state index contributed by atoms with van der Waals surface area (Å²) in [5, 5.41) is 5.70. The topological polar surface area (TPSA) is 45.4 Å². The van der Waals surface area contributed by atoms with Gasteiger partial charge in [-0.2, -0.15) is 0 Å². The number of benzene rings is 2. The standard InChI is InChI=1S/C28H32N4O/c1-31(2)20-25-23(22-8-4-3-5-9-22)12-13-24-26(30-33-28(24)25)14-11-21-15-18-32(19-16-21)27-10-6-7-17-29-27/h3-10,12-13,17,21H,11,14-16,18-20H2,1-2H3. The van der Waals surface area contributed by atoms with Gasteiger partial charge < -0.3 is 14.3 Å². The number of hydrogen-bond acceptors (Lipinski definition) is 5. The van der Waals surface area contributed by atoms with Crippen LogP contribution in [-0.2, 0) is 13.0 Å². The zero-order chi connectivity index (χ0) is 22.6. The number of aryl methyl sites for hydroxylation is 1. The molecule has 0 unspecified atom stereocenters. The molecule has 0 saturated carbocycles. The third-order valence-corrected chi connectivity index (χ3v) is 6.75. The number of anilines is 1. The van der Waals surface area contributed by atoms with E-state index in [0.29, 0.717) is 0 Å². The van der Waals surface area contributed by atoms with E-state index in [1.807, 2.05) is 12.3 Å². The van der Waals surface area contributed by atoms with E-state index in [4.69, 9.17) is 4.52 Å². The smallest absolute Gasteiger partial charge is 0.172 e. The van der Waals surface area contributed by atoms with Gasteiger partial charge in [0, 0.05) is 36.8 Å². The van der Waals surface area contributed by atoms with Gasteiger partial charge in [0.1, 0.15) is 5.82 Å². The molecule has 0 spiro atoms. The summed E-state index contributed by atoms with van der Waals surface area (Å²) in [7, 11) is 4.20. The van der Waals surface area contributed by atoms with E-state index >= 15 is 0 Å². The van der Waals surface area contributed by atoms with Gasteiger partial charge in [-0.15, -0.1) is 0 Å². The molecular weight excluding hydrogens is 408 g/mol. The number of hydrogen-bond donors (Lipinski definition) is 0. The summed E-state index contributed by atoms with van der Waals surface area (Å²) in [4.78, 5) is 9.10. The molecule has 3 heterocycles. The predicted octanol–water partition coefficient (Wildman–Crippen LogP) is 5.80. The van der Waals surface area contributed by atoms with Crippen molar-refractivity contribution in [1.29, 1.82) is 0 Å². The van der Waals surface area contributed by atoms with Crippen LogP contribution >= 0.6 is 0 Å². The molecule has 0 atom stereocenters. The van der Waals surface area contributed by atoms with Crippen molar-refractivity contribution in [1.82, 2.24) is 15.0 Å². The van der Waals surface area contributed by atoms with Crippen molar-refractivity contribution >= 4 is 16.8 Å². The second kappa shape index (κ2) is 9.75. The summed E-state index contributed by atoms with van der Waals surface area (Å²) < 4.78 is 5.96. The van der Waals surface area contributed by atoms with Crippen LogP contribution in [0, 0.1) is 5.92 Å². The highest BCUT2D eigenvalue weighted by atomic mass is 16.5. The van der Waals surface area contributed by atoms with Gasteiger partial charge in [-0.05, 0) is 75.0 Å². The maximum Gasteiger partial charge on any atom is 0.172 e. The van der Waals surface area contributed by atoms with E-state index in [2.05, 4.69) is 88.6 Å². The monoisotopic (exact) mass is 440 g/mol. The highest BCUT2D eigenvalue weighted by Crippen LogP contribution is 2.34. The Bertz CT molecular complexity index is 1180. The van der Waals surface area contributed by atoms with E-state index < -0.39 is 0 Å². The van der Waals surface area contributed by atoms with E-state index in [1.165, 1.54) is 29.5 Å². The molecule has 1 saturated heterocycles. The zero-order valence-electron chi connectivity index (χ0n) is 19.6. The highest BCUT2D eigenvalue weighted by Gasteiger charge is 2.22. The Balaban J connectivity index is 1.31. The maximum atomic E-state index is 5.96. The van der Waals surface area contributed by atoms with Gasteiger partial charge in [0.15, 0.2) is 5.58 Å². The largest absolute Gasteiger partial charge is 0.357 e. The summed E-state index contributed by atoms with van der Waals surface area (Å²) in [6.45, 7) is 2.98. The second-order valence-electron chi connectivity index (χ2n) is 9.36. The SMILES string of the molecule is CN(C)Cc1c(-c2ccccc2)ccc2c(CCC3CCN(c4ccccn4)CC3)noc12. The van der Waals surface area contributed by atoms with Crippen molar-refractivity contribution in [2.45, 2.75) is 32.2 Å². The molecule has 0 aliphatic carbocycles. The third-order valence-electron chi connectivity index (χ3n) is 6.75. The van der Waals surface area contributed by atoms with Crippen molar-refractivity contribution < 1.29 is 4.52 Å².